The van der Waals surface area contributed by atoms with Crippen LogP contribution in [0.25, 0.3) is 0 Å². The fourth-order valence-corrected chi connectivity index (χ4v) is 3.61. The molecule has 0 saturated carbocycles. The second-order valence-electron chi connectivity index (χ2n) is 10.4. The summed E-state index contributed by atoms with van der Waals surface area (Å²) in [6.07, 6.45) is 16.6. The molecule has 9 heteroatoms. The van der Waals surface area contributed by atoms with Gasteiger partial charge in [-0.25, -0.2) is 4.79 Å². The first kappa shape index (κ1) is 33.6. The maximum atomic E-state index is 12.7. The van der Waals surface area contributed by atoms with Crippen LogP contribution < -0.4 is 10.6 Å². The Bertz CT molecular complexity index is 1060. The van der Waals surface area contributed by atoms with Crippen molar-refractivity contribution in [1.29, 1.82) is 0 Å². The molecule has 0 saturated heterocycles. The van der Waals surface area contributed by atoms with E-state index in [9.17, 15) is 19.2 Å². The molecule has 2 N–H and O–H groups in total. The maximum Gasteiger partial charge on any atom is 0.373 e. The number of amides is 2. The maximum absolute atomic E-state index is 12.7. The van der Waals surface area contributed by atoms with E-state index < -0.39 is 29.2 Å². The van der Waals surface area contributed by atoms with E-state index in [1.54, 1.807) is 31.2 Å². The Morgan fingerprint density at radius 2 is 1.85 bits per heavy atom. The van der Waals surface area contributed by atoms with Crippen molar-refractivity contribution in [1.82, 2.24) is 10.6 Å². The number of ether oxygens (including phenoxy) is 2. The number of ketones is 1. The third-order valence-electron chi connectivity index (χ3n) is 5.67. The van der Waals surface area contributed by atoms with Crippen molar-refractivity contribution in [3.63, 3.8) is 0 Å². The summed E-state index contributed by atoms with van der Waals surface area (Å²) >= 11 is 5.78. The van der Waals surface area contributed by atoms with Gasteiger partial charge in [-0.1, -0.05) is 69.7 Å². The van der Waals surface area contributed by atoms with E-state index in [2.05, 4.69) is 10.6 Å². The number of carbonyl (C=O) groups excluding carboxylic acids is 4. The lowest BCUT2D eigenvalue weighted by Gasteiger charge is -2.29. The molecular formula is C30H41ClN2O6. The number of cyclic esters (lactones) is 1. The molecule has 4 atom stereocenters. The number of esters is 1. The second-order valence-corrected chi connectivity index (χ2v) is 11.1. The number of rotatable bonds is 13. The number of allylic oxidation sites excluding steroid dienone is 7. The highest BCUT2D eigenvalue weighted by Gasteiger charge is 2.32. The summed E-state index contributed by atoms with van der Waals surface area (Å²) in [5, 5.41) is 5.13. The summed E-state index contributed by atoms with van der Waals surface area (Å²) < 4.78 is 10.4. The number of nitrogens with one attached hydrogen (secondary N) is 2. The molecule has 1 rings (SSSR count). The Balaban J connectivity index is 2.65. The smallest absolute Gasteiger partial charge is 0.373 e. The molecule has 0 aromatic heterocycles. The molecule has 0 spiro atoms. The Morgan fingerprint density at radius 3 is 2.44 bits per heavy atom. The lowest BCUT2D eigenvalue weighted by molar-refractivity contribution is -0.151. The molecule has 0 aromatic carbocycles. The third-order valence-corrected chi connectivity index (χ3v) is 5.82. The van der Waals surface area contributed by atoms with Crippen molar-refractivity contribution < 1.29 is 28.7 Å². The predicted molar refractivity (Wildman–Crippen MR) is 154 cm³/mol. The van der Waals surface area contributed by atoms with E-state index in [-0.39, 0.29) is 35.4 Å². The highest BCUT2D eigenvalue weighted by atomic mass is 35.5. The number of methoxy groups -OCH3 is 1. The van der Waals surface area contributed by atoms with Gasteiger partial charge in [-0.15, -0.1) is 11.6 Å². The average Bonchev–Trinajstić information content (AvgIpc) is 2.85. The summed E-state index contributed by atoms with van der Waals surface area (Å²) in [6.45, 7) is 11.2. The lowest BCUT2D eigenvalue weighted by atomic mass is 9.86. The van der Waals surface area contributed by atoms with Crippen LogP contribution in [0.1, 0.15) is 54.4 Å². The largest absolute Gasteiger partial charge is 0.490 e. The summed E-state index contributed by atoms with van der Waals surface area (Å²) in [4.78, 5) is 48.8. The highest BCUT2D eigenvalue weighted by Crippen LogP contribution is 2.23. The van der Waals surface area contributed by atoms with Gasteiger partial charge in [0.1, 0.15) is 12.1 Å². The van der Waals surface area contributed by atoms with Crippen LogP contribution in [0.4, 0.5) is 0 Å². The predicted octanol–water partition coefficient (Wildman–Crippen LogP) is 4.83. The van der Waals surface area contributed by atoms with Gasteiger partial charge < -0.3 is 20.1 Å². The standard InChI is InChI=1S/C30H41ClN2O6/c1-20(19-21(2)24-16-17-25(38-7)29(37)39-24)11-8-9-13-26(35)33-27(30(4,5)6)28(36)32-18-10-12-23(34)15-14-22(3)31/h8-11,13-15,17-19,21-22,24,27H,12,16H2,1-7H3,(H,32,36)(H,33,35)/b11-8?,13-9?,15-14+,18-10-,20-19?/t21-,22?,24-,27+/m0/s1. The van der Waals surface area contributed by atoms with E-state index in [1.807, 2.05) is 46.8 Å². The molecule has 0 aliphatic carbocycles. The molecule has 0 radical (unpaired) electrons. The minimum Gasteiger partial charge on any atom is -0.490 e. The fraction of sp³-hybridized carbons (Fsp3) is 0.467. The lowest BCUT2D eigenvalue weighted by Crippen LogP contribution is -2.52. The summed E-state index contributed by atoms with van der Waals surface area (Å²) in [6, 6.07) is -0.802. The Hall–Kier alpha value is -3.39. The van der Waals surface area contributed by atoms with Crippen molar-refractivity contribution in [3.8, 4) is 0 Å². The van der Waals surface area contributed by atoms with Gasteiger partial charge in [0.05, 0.1) is 7.11 Å². The Labute approximate surface area is 236 Å². The van der Waals surface area contributed by atoms with Crippen LogP contribution in [-0.2, 0) is 28.7 Å². The van der Waals surface area contributed by atoms with Gasteiger partial charge in [0.15, 0.2) is 11.5 Å². The fourth-order valence-electron chi connectivity index (χ4n) is 3.54. The van der Waals surface area contributed by atoms with Crippen molar-refractivity contribution >= 4 is 35.2 Å². The van der Waals surface area contributed by atoms with Crippen LogP contribution >= 0.6 is 11.6 Å². The average molecular weight is 561 g/mol. The second kappa shape index (κ2) is 16.5. The monoisotopic (exact) mass is 560 g/mol. The number of halogens is 1. The zero-order valence-corrected chi connectivity index (χ0v) is 24.6. The van der Waals surface area contributed by atoms with Crippen molar-refractivity contribution in [2.75, 3.05) is 7.11 Å². The zero-order chi connectivity index (χ0) is 29.6. The molecule has 0 aromatic rings. The zero-order valence-electron chi connectivity index (χ0n) is 23.8. The minimum absolute atomic E-state index is 0.00966. The van der Waals surface area contributed by atoms with Gasteiger partial charge in [0.2, 0.25) is 11.8 Å². The van der Waals surface area contributed by atoms with Crippen LogP contribution in [0.15, 0.2) is 72.2 Å². The molecular weight excluding hydrogens is 520 g/mol. The number of carbonyl (C=O) groups is 4. The number of alkyl halides is 1. The number of hydrogen-bond acceptors (Lipinski definition) is 6. The normalized spacial score (nSPS) is 19.2. The van der Waals surface area contributed by atoms with Crippen LogP contribution in [0.5, 0.6) is 0 Å². The molecule has 214 valence electrons. The summed E-state index contributed by atoms with van der Waals surface area (Å²) in [7, 11) is 1.44. The van der Waals surface area contributed by atoms with E-state index in [1.165, 1.54) is 31.5 Å². The van der Waals surface area contributed by atoms with E-state index in [0.29, 0.717) is 6.42 Å². The van der Waals surface area contributed by atoms with Crippen LogP contribution in [-0.4, -0.2) is 48.2 Å². The first-order chi connectivity index (χ1) is 18.2. The minimum atomic E-state index is -0.802. The molecule has 1 aliphatic heterocycles. The topological polar surface area (TPSA) is 111 Å². The molecule has 0 fully saturated rings. The van der Waals surface area contributed by atoms with Crippen LogP contribution in [0.2, 0.25) is 0 Å². The van der Waals surface area contributed by atoms with E-state index in [0.717, 1.165) is 5.57 Å². The van der Waals surface area contributed by atoms with E-state index >= 15 is 0 Å². The van der Waals surface area contributed by atoms with Gasteiger partial charge >= 0.3 is 5.97 Å². The van der Waals surface area contributed by atoms with Crippen molar-refractivity contribution in [2.24, 2.45) is 11.3 Å². The molecule has 8 nitrogen and oxygen atoms in total. The summed E-state index contributed by atoms with van der Waals surface area (Å²) in [5.74, 6) is -1.19. The van der Waals surface area contributed by atoms with E-state index in [4.69, 9.17) is 21.1 Å². The van der Waals surface area contributed by atoms with Crippen LogP contribution in [0, 0.1) is 11.3 Å². The number of hydrogen-bond donors (Lipinski definition) is 2. The molecule has 1 heterocycles. The third kappa shape index (κ3) is 13.3. The molecule has 2 amide bonds. The molecule has 1 aliphatic rings. The first-order valence-electron chi connectivity index (χ1n) is 12.8. The first-order valence-corrected chi connectivity index (χ1v) is 13.3. The van der Waals surface area contributed by atoms with Crippen molar-refractivity contribution in [2.45, 2.75) is 71.9 Å². The van der Waals surface area contributed by atoms with Gasteiger partial charge in [0, 0.05) is 36.4 Å². The molecule has 1 unspecified atom stereocenters. The molecule has 0 bridgehead atoms. The Kier molecular flexibility index (Phi) is 14.3. The quantitative estimate of drug-likeness (QED) is 0.144. The SMILES string of the molecule is COC1=CC[C@@H]([C@@H](C)C=C(C)C=CC=CC(=O)N[C@H](C(=O)N/C=C\CC(=O)/C=C/C(C)Cl)C(C)(C)C)OC1=O. The Morgan fingerprint density at radius 1 is 1.18 bits per heavy atom. The van der Waals surface area contributed by atoms with Gasteiger partial charge in [-0.2, -0.15) is 0 Å². The van der Waals surface area contributed by atoms with Crippen molar-refractivity contribution in [3.05, 3.63) is 72.2 Å². The van der Waals surface area contributed by atoms with Gasteiger partial charge in [0.25, 0.3) is 0 Å². The summed E-state index contributed by atoms with van der Waals surface area (Å²) in [5.41, 5.74) is 0.388. The van der Waals surface area contributed by atoms with Crippen LogP contribution in [0.3, 0.4) is 0 Å². The van der Waals surface area contributed by atoms with Gasteiger partial charge in [-0.05, 0) is 31.4 Å². The highest BCUT2D eigenvalue weighted by molar-refractivity contribution is 6.21. The van der Waals surface area contributed by atoms with Gasteiger partial charge in [-0.3, -0.25) is 14.4 Å². The molecule has 39 heavy (non-hydrogen) atoms.